The van der Waals surface area contributed by atoms with E-state index >= 15 is 0 Å². The molecule has 2 rings (SSSR count). The highest BCUT2D eigenvalue weighted by Gasteiger charge is 2.31. The molecule has 0 aliphatic carbocycles. The second-order valence-corrected chi connectivity index (χ2v) is 6.59. The van der Waals surface area contributed by atoms with Gasteiger partial charge in [-0.05, 0) is 31.7 Å². The van der Waals surface area contributed by atoms with Gasteiger partial charge in [0.2, 0.25) is 11.8 Å². The number of hydrogen-bond acceptors (Lipinski definition) is 4. The third-order valence-electron chi connectivity index (χ3n) is 4.35. The molecule has 0 bridgehead atoms. The van der Waals surface area contributed by atoms with E-state index in [-0.39, 0.29) is 23.8 Å². The van der Waals surface area contributed by atoms with E-state index in [1.165, 1.54) is 0 Å². The third-order valence-corrected chi connectivity index (χ3v) is 4.35. The molecule has 2 saturated heterocycles. The van der Waals surface area contributed by atoms with Crippen molar-refractivity contribution in [3.05, 3.63) is 0 Å². The number of rotatable bonds is 5. The van der Waals surface area contributed by atoms with Gasteiger partial charge in [0.05, 0.1) is 5.92 Å². The van der Waals surface area contributed by atoms with Crippen LogP contribution < -0.4 is 16.2 Å². The van der Waals surface area contributed by atoms with E-state index in [0.29, 0.717) is 12.3 Å². The molecule has 2 aliphatic heterocycles. The first-order chi connectivity index (χ1) is 10.1. The largest absolute Gasteiger partial charge is 0.356 e. The minimum Gasteiger partial charge on any atom is -0.356 e. The molecule has 0 radical (unpaired) electrons. The minimum absolute atomic E-state index is 0.0368. The summed E-state index contributed by atoms with van der Waals surface area (Å²) in [6.45, 7) is 7.60. The van der Waals surface area contributed by atoms with Crippen LogP contribution in [-0.2, 0) is 9.59 Å². The predicted octanol–water partition coefficient (Wildman–Crippen LogP) is 0.254. The summed E-state index contributed by atoms with van der Waals surface area (Å²) >= 11 is 0. The highest BCUT2D eigenvalue weighted by Crippen LogP contribution is 2.20. The Kier molecular flexibility index (Phi) is 5.99. The van der Waals surface area contributed by atoms with Crippen LogP contribution in [-0.4, -0.2) is 48.9 Å². The number of hydrogen-bond donors (Lipinski definition) is 3. The van der Waals surface area contributed by atoms with Gasteiger partial charge in [0.15, 0.2) is 0 Å². The van der Waals surface area contributed by atoms with Crippen LogP contribution in [0, 0.1) is 11.8 Å². The maximum atomic E-state index is 12.2. The van der Waals surface area contributed by atoms with Crippen LogP contribution >= 0.6 is 0 Å². The number of nitrogens with zero attached hydrogens (tertiary/aromatic N) is 1. The van der Waals surface area contributed by atoms with Crippen LogP contribution in [0.1, 0.15) is 39.5 Å². The van der Waals surface area contributed by atoms with Crippen LogP contribution in [0.15, 0.2) is 0 Å². The average Bonchev–Trinajstić information content (AvgIpc) is 2.47. The van der Waals surface area contributed by atoms with Crippen molar-refractivity contribution in [2.24, 2.45) is 11.8 Å². The molecule has 2 atom stereocenters. The normalized spacial score (nSPS) is 27.5. The molecule has 3 N–H and O–H groups in total. The van der Waals surface area contributed by atoms with Gasteiger partial charge in [-0.15, -0.1) is 0 Å². The quantitative estimate of drug-likeness (QED) is 0.680. The SMILES string of the molecule is CC(C)CCNC(=O)C1CCCN(C2CNNC(=O)C2)C1. The molecule has 2 amide bonds. The average molecular weight is 296 g/mol. The van der Waals surface area contributed by atoms with Crippen molar-refractivity contribution in [2.45, 2.75) is 45.6 Å². The van der Waals surface area contributed by atoms with Crippen LogP contribution in [0.3, 0.4) is 0 Å². The fraction of sp³-hybridized carbons (Fsp3) is 0.867. The van der Waals surface area contributed by atoms with Crippen molar-refractivity contribution in [3.8, 4) is 0 Å². The lowest BCUT2D eigenvalue weighted by Gasteiger charge is -2.39. The second kappa shape index (κ2) is 7.75. The van der Waals surface area contributed by atoms with Gasteiger partial charge in [0.1, 0.15) is 0 Å². The van der Waals surface area contributed by atoms with Gasteiger partial charge >= 0.3 is 0 Å². The zero-order chi connectivity index (χ0) is 15.2. The molecule has 2 fully saturated rings. The molecular weight excluding hydrogens is 268 g/mol. The number of carbonyl (C=O) groups is 2. The number of amides is 2. The van der Waals surface area contributed by atoms with E-state index in [4.69, 9.17) is 0 Å². The lowest BCUT2D eigenvalue weighted by Crippen LogP contribution is -2.57. The molecule has 21 heavy (non-hydrogen) atoms. The third kappa shape index (κ3) is 4.97. The lowest BCUT2D eigenvalue weighted by molar-refractivity contribution is -0.128. The molecular formula is C15H28N4O2. The summed E-state index contributed by atoms with van der Waals surface area (Å²) in [5.74, 6) is 0.888. The molecule has 2 heterocycles. The fourth-order valence-corrected chi connectivity index (χ4v) is 3.04. The van der Waals surface area contributed by atoms with Gasteiger partial charge < -0.3 is 5.32 Å². The number of likely N-dealkylation sites (tertiary alicyclic amines) is 1. The molecule has 2 aliphatic rings. The van der Waals surface area contributed by atoms with Crippen LogP contribution in [0.4, 0.5) is 0 Å². The Bertz CT molecular complexity index is 373. The number of hydrazine groups is 1. The van der Waals surface area contributed by atoms with E-state index in [0.717, 1.165) is 45.4 Å². The summed E-state index contributed by atoms with van der Waals surface area (Å²) in [5, 5.41) is 3.06. The van der Waals surface area contributed by atoms with Gasteiger partial charge in [-0.3, -0.25) is 19.9 Å². The Morgan fingerprint density at radius 2 is 2.29 bits per heavy atom. The smallest absolute Gasteiger partial charge is 0.235 e. The van der Waals surface area contributed by atoms with Crippen LogP contribution in [0.5, 0.6) is 0 Å². The fourth-order valence-electron chi connectivity index (χ4n) is 3.04. The van der Waals surface area contributed by atoms with E-state index in [9.17, 15) is 9.59 Å². The number of nitrogens with one attached hydrogen (secondary N) is 3. The summed E-state index contributed by atoms with van der Waals surface area (Å²) in [5.41, 5.74) is 5.56. The zero-order valence-corrected chi connectivity index (χ0v) is 13.2. The second-order valence-electron chi connectivity index (χ2n) is 6.59. The van der Waals surface area contributed by atoms with Crippen molar-refractivity contribution in [1.82, 2.24) is 21.1 Å². The molecule has 120 valence electrons. The zero-order valence-electron chi connectivity index (χ0n) is 13.2. The summed E-state index contributed by atoms with van der Waals surface area (Å²) in [4.78, 5) is 26.0. The first-order valence-corrected chi connectivity index (χ1v) is 8.09. The summed E-state index contributed by atoms with van der Waals surface area (Å²) < 4.78 is 0. The maximum Gasteiger partial charge on any atom is 0.235 e. The van der Waals surface area contributed by atoms with Crippen molar-refractivity contribution in [1.29, 1.82) is 0 Å². The Labute approximate surface area is 127 Å². The summed E-state index contributed by atoms with van der Waals surface area (Å²) in [6, 6.07) is 0.213. The first-order valence-electron chi connectivity index (χ1n) is 8.09. The number of piperidine rings is 1. The summed E-state index contributed by atoms with van der Waals surface area (Å²) in [6.07, 6.45) is 3.53. The Morgan fingerprint density at radius 3 is 3.00 bits per heavy atom. The standard InChI is InChI=1S/C15H28N4O2/c1-11(2)5-6-16-15(21)12-4-3-7-19(10-12)13-8-14(20)18-17-9-13/h11-13,17H,3-10H2,1-2H3,(H,16,21)(H,18,20). The summed E-state index contributed by atoms with van der Waals surface area (Å²) in [7, 11) is 0. The van der Waals surface area contributed by atoms with Crippen molar-refractivity contribution in [3.63, 3.8) is 0 Å². The van der Waals surface area contributed by atoms with Gasteiger partial charge in [-0.25, -0.2) is 5.43 Å². The van der Waals surface area contributed by atoms with E-state index in [1.807, 2.05) is 0 Å². The molecule has 0 aromatic heterocycles. The molecule has 0 aromatic rings. The van der Waals surface area contributed by atoms with Crippen molar-refractivity contribution in [2.75, 3.05) is 26.2 Å². The molecule has 6 nitrogen and oxygen atoms in total. The monoisotopic (exact) mass is 296 g/mol. The van der Waals surface area contributed by atoms with Gasteiger partial charge in [-0.1, -0.05) is 13.8 Å². The Morgan fingerprint density at radius 1 is 1.48 bits per heavy atom. The molecule has 0 saturated carbocycles. The maximum absolute atomic E-state index is 12.2. The van der Waals surface area contributed by atoms with Crippen LogP contribution in [0.2, 0.25) is 0 Å². The molecule has 6 heteroatoms. The first kappa shape index (κ1) is 16.2. The predicted molar refractivity (Wildman–Crippen MR) is 81.3 cm³/mol. The molecule has 0 spiro atoms. The minimum atomic E-state index is 0.0368. The van der Waals surface area contributed by atoms with E-state index in [2.05, 4.69) is 34.9 Å². The van der Waals surface area contributed by atoms with Crippen molar-refractivity contribution < 1.29 is 9.59 Å². The van der Waals surface area contributed by atoms with Gasteiger partial charge in [0.25, 0.3) is 0 Å². The highest BCUT2D eigenvalue weighted by atomic mass is 16.2. The Balaban J connectivity index is 1.79. The highest BCUT2D eigenvalue weighted by molar-refractivity contribution is 5.79. The molecule has 0 aromatic carbocycles. The molecule has 2 unspecified atom stereocenters. The van der Waals surface area contributed by atoms with Gasteiger partial charge in [0, 0.05) is 32.1 Å². The van der Waals surface area contributed by atoms with Crippen LogP contribution in [0.25, 0.3) is 0 Å². The van der Waals surface area contributed by atoms with Crippen molar-refractivity contribution >= 4 is 11.8 Å². The Hall–Kier alpha value is -1.14. The lowest BCUT2D eigenvalue weighted by atomic mass is 9.94. The van der Waals surface area contributed by atoms with Gasteiger partial charge in [-0.2, -0.15) is 0 Å². The van der Waals surface area contributed by atoms with E-state index < -0.39 is 0 Å². The topological polar surface area (TPSA) is 73.5 Å². The van der Waals surface area contributed by atoms with E-state index in [1.54, 1.807) is 0 Å². The number of carbonyl (C=O) groups excluding carboxylic acids is 2.